The van der Waals surface area contributed by atoms with E-state index in [9.17, 15) is 4.79 Å². The number of rotatable bonds is 3. The molecule has 1 amide bonds. The van der Waals surface area contributed by atoms with Gasteiger partial charge in [0.15, 0.2) is 0 Å². The van der Waals surface area contributed by atoms with Crippen LogP contribution in [0, 0.1) is 6.92 Å². The van der Waals surface area contributed by atoms with Gasteiger partial charge in [-0.2, -0.15) is 0 Å². The molecule has 1 aliphatic heterocycles. The lowest BCUT2D eigenvalue weighted by atomic mass is 10.0. The van der Waals surface area contributed by atoms with Crippen molar-refractivity contribution in [1.29, 1.82) is 0 Å². The number of para-hydroxylation sites is 1. The molecule has 5 rings (SSSR count). The average Bonchev–Trinajstić information content (AvgIpc) is 3.36. The number of amides is 1. The number of aromatic amines is 1. The van der Waals surface area contributed by atoms with Gasteiger partial charge >= 0.3 is 0 Å². The van der Waals surface area contributed by atoms with E-state index in [1.165, 1.54) is 36.9 Å². The van der Waals surface area contributed by atoms with Crippen LogP contribution < -0.4 is 0 Å². The van der Waals surface area contributed by atoms with Gasteiger partial charge in [-0.15, -0.1) is 0 Å². The summed E-state index contributed by atoms with van der Waals surface area (Å²) in [6.07, 6.45) is 7.80. The molecule has 2 aromatic heterocycles. The van der Waals surface area contributed by atoms with Gasteiger partial charge in [-0.3, -0.25) is 4.79 Å². The zero-order chi connectivity index (χ0) is 17.7. The number of aromatic nitrogens is 3. The lowest BCUT2D eigenvalue weighted by molar-refractivity contribution is 0.0722. The Kier molecular flexibility index (Phi) is 3.62. The van der Waals surface area contributed by atoms with Crippen molar-refractivity contribution in [2.75, 3.05) is 6.54 Å². The van der Waals surface area contributed by atoms with E-state index in [2.05, 4.69) is 32.7 Å². The minimum Gasteiger partial charge on any atom is -0.345 e. The quantitative estimate of drug-likeness (QED) is 0.778. The van der Waals surface area contributed by atoms with E-state index in [-0.39, 0.29) is 5.91 Å². The Morgan fingerprint density at radius 3 is 2.81 bits per heavy atom. The maximum absolute atomic E-state index is 13.3. The van der Waals surface area contributed by atoms with Crippen LogP contribution in [0.1, 0.15) is 59.3 Å². The van der Waals surface area contributed by atoms with E-state index in [0.717, 1.165) is 35.4 Å². The summed E-state index contributed by atoms with van der Waals surface area (Å²) in [7, 11) is 0. The second-order valence-corrected chi connectivity index (χ2v) is 7.64. The average molecular weight is 348 g/mol. The molecule has 0 unspecified atom stereocenters. The first-order valence-corrected chi connectivity index (χ1v) is 9.64. The van der Waals surface area contributed by atoms with Crippen molar-refractivity contribution < 1.29 is 4.79 Å². The molecule has 3 heterocycles. The largest absolute Gasteiger partial charge is 0.345 e. The molecule has 3 aromatic rings. The molecule has 0 radical (unpaired) electrons. The molecular weight excluding hydrogens is 324 g/mol. The van der Waals surface area contributed by atoms with Crippen LogP contribution in [0.15, 0.2) is 30.5 Å². The van der Waals surface area contributed by atoms with Crippen LogP contribution >= 0.6 is 0 Å². The van der Waals surface area contributed by atoms with Gasteiger partial charge in [0.1, 0.15) is 5.82 Å². The van der Waals surface area contributed by atoms with Gasteiger partial charge in [0, 0.05) is 47.5 Å². The maximum atomic E-state index is 13.3. The van der Waals surface area contributed by atoms with Crippen LogP contribution in [0.3, 0.4) is 0 Å². The van der Waals surface area contributed by atoms with Crippen molar-refractivity contribution >= 4 is 16.8 Å². The van der Waals surface area contributed by atoms with E-state index in [0.29, 0.717) is 12.6 Å². The zero-order valence-electron chi connectivity index (χ0n) is 15.2. The third-order valence-corrected chi connectivity index (χ3v) is 5.92. The molecule has 5 nitrogen and oxygen atoms in total. The minimum atomic E-state index is 0.147. The van der Waals surface area contributed by atoms with Crippen LogP contribution in [0.5, 0.6) is 0 Å². The van der Waals surface area contributed by atoms with Crippen molar-refractivity contribution in [1.82, 2.24) is 19.4 Å². The number of nitrogens with one attached hydrogen (secondary N) is 1. The SMILES string of the molecule is Cc1cnc(CN2CCc3c(c4ccccc4n3C3CCCC3)C2=O)[nH]1. The third-order valence-electron chi connectivity index (χ3n) is 5.92. The van der Waals surface area contributed by atoms with Gasteiger partial charge in [-0.1, -0.05) is 31.0 Å². The maximum Gasteiger partial charge on any atom is 0.256 e. The molecule has 2 aliphatic rings. The number of aryl methyl sites for hydroxylation is 1. The molecule has 0 atom stereocenters. The van der Waals surface area contributed by atoms with Crippen molar-refractivity contribution in [3.8, 4) is 0 Å². The van der Waals surface area contributed by atoms with E-state index in [1.807, 2.05) is 24.1 Å². The Labute approximate surface area is 153 Å². The highest BCUT2D eigenvalue weighted by atomic mass is 16.2. The van der Waals surface area contributed by atoms with Crippen LogP contribution in [-0.2, 0) is 13.0 Å². The molecule has 1 aromatic carbocycles. The number of fused-ring (bicyclic) bond motifs is 3. The van der Waals surface area contributed by atoms with Gasteiger partial charge in [-0.25, -0.2) is 4.98 Å². The normalized spacial score (nSPS) is 18.0. The molecule has 0 bridgehead atoms. The highest BCUT2D eigenvalue weighted by Crippen LogP contribution is 2.39. The summed E-state index contributed by atoms with van der Waals surface area (Å²) in [5.41, 5.74) is 4.42. The summed E-state index contributed by atoms with van der Waals surface area (Å²) in [6.45, 7) is 3.30. The number of nitrogens with zero attached hydrogens (tertiary/aromatic N) is 3. The first-order valence-electron chi connectivity index (χ1n) is 9.64. The second kappa shape index (κ2) is 6.01. The van der Waals surface area contributed by atoms with E-state index < -0.39 is 0 Å². The number of hydrogen-bond donors (Lipinski definition) is 1. The molecule has 26 heavy (non-hydrogen) atoms. The fraction of sp³-hybridized carbons (Fsp3) is 0.429. The summed E-state index contributed by atoms with van der Waals surface area (Å²) in [6, 6.07) is 8.98. The van der Waals surface area contributed by atoms with E-state index >= 15 is 0 Å². The predicted molar refractivity (Wildman–Crippen MR) is 101 cm³/mol. The standard InChI is InChI=1S/C21H24N4O/c1-14-12-22-19(23-14)13-24-11-10-18-20(21(24)26)16-8-4-5-9-17(16)25(18)15-6-2-3-7-15/h4-5,8-9,12,15H,2-3,6-7,10-11,13H2,1H3,(H,22,23). The summed E-state index contributed by atoms with van der Waals surface area (Å²) in [5.74, 6) is 1.01. The van der Waals surface area contributed by atoms with Gasteiger partial charge in [-0.05, 0) is 25.8 Å². The Hall–Kier alpha value is -2.56. The number of carbonyl (C=O) groups is 1. The second-order valence-electron chi connectivity index (χ2n) is 7.64. The highest BCUT2D eigenvalue weighted by Gasteiger charge is 2.33. The summed E-state index contributed by atoms with van der Waals surface area (Å²) >= 11 is 0. The van der Waals surface area contributed by atoms with Crippen LogP contribution in [0.4, 0.5) is 0 Å². The topological polar surface area (TPSA) is 53.9 Å². The van der Waals surface area contributed by atoms with Crippen LogP contribution in [-0.4, -0.2) is 31.9 Å². The van der Waals surface area contributed by atoms with E-state index in [1.54, 1.807) is 0 Å². The monoisotopic (exact) mass is 348 g/mol. The van der Waals surface area contributed by atoms with Crippen molar-refractivity contribution in [3.63, 3.8) is 0 Å². The molecule has 1 saturated carbocycles. The molecule has 0 saturated heterocycles. The molecule has 5 heteroatoms. The van der Waals surface area contributed by atoms with Gasteiger partial charge in [0.05, 0.1) is 12.1 Å². The fourth-order valence-corrected chi connectivity index (χ4v) is 4.76. The summed E-state index contributed by atoms with van der Waals surface area (Å²) < 4.78 is 2.49. The van der Waals surface area contributed by atoms with Gasteiger partial charge < -0.3 is 14.5 Å². The van der Waals surface area contributed by atoms with Gasteiger partial charge in [0.2, 0.25) is 0 Å². The highest BCUT2D eigenvalue weighted by molar-refractivity contribution is 6.09. The lowest BCUT2D eigenvalue weighted by Gasteiger charge is -2.28. The smallest absolute Gasteiger partial charge is 0.256 e. The molecule has 134 valence electrons. The lowest BCUT2D eigenvalue weighted by Crippen LogP contribution is -2.37. The number of imidazole rings is 1. The molecular formula is C21H24N4O. The van der Waals surface area contributed by atoms with Crippen LogP contribution in [0.2, 0.25) is 0 Å². The first-order chi connectivity index (χ1) is 12.7. The number of hydrogen-bond acceptors (Lipinski definition) is 2. The van der Waals surface area contributed by atoms with Crippen molar-refractivity contribution in [3.05, 3.63) is 53.2 Å². The summed E-state index contributed by atoms with van der Waals surface area (Å²) in [5, 5.41) is 1.11. The Balaban J connectivity index is 1.58. The molecule has 1 aliphatic carbocycles. The van der Waals surface area contributed by atoms with Crippen molar-refractivity contribution in [2.24, 2.45) is 0 Å². The molecule has 1 fully saturated rings. The first kappa shape index (κ1) is 15.7. The Bertz CT molecular complexity index is 977. The van der Waals surface area contributed by atoms with Gasteiger partial charge in [0.25, 0.3) is 5.91 Å². The number of carbonyl (C=O) groups excluding carboxylic acids is 1. The number of benzene rings is 1. The fourth-order valence-electron chi connectivity index (χ4n) is 4.76. The Morgan fingerprint density at radius 1 is 1.23 bits per heavy atom. The summed E-state index contributed by atoms with van der Waals surface area (Å²) in [4.78, 5) is 22.9. The minimum absolute atomic E-state index is 0.147. The molecule has 1 N–H and O–H groups in total. The van der Waals surface area contributed by atoms with E-state index in [4.69, 9.17) is 0 Å². The van der Waals surface area contributed by atoms with Crippen molar-refractivity contribution in [2.45, 2.75) is 51.6 Å². The zero-order valence-corrected chi connectivity index (χ0v) is 15.2. The number of H-pyrrole nitrogens is 1. The Morgan fingerprint density at radius 2 is 2.04 bits per heavy atom. The third kappa shape index (κ3) is 2.37. The predicted octanol–water partition coefficient (Wildman–Crippen LogP) is 3.99. The molecule has 0 spiro atoms. The van der Waals surface area contributed by atoms with Crippen LogP contribution in [0.25, 0.3) is 10.9 Å².